The maximum Gasteiger partial charge on any atom is 0.194 e. The summed E-state index contributed by atoms with van der Waals surface area (Å²) in [6.07, 6.45) is 5.58. The van der Waals surface area contributed by atoms with E-state index in [2.05, 4.69) is 60.4 Å². The number of nitrogens with zero attached hydrogens (tertiary/aromatic N) is 3. The summed E-state index contributed by atoms with van der Waals surface area (Å²) in [5.41, 5.74) is 3.11. The molecular weight excluding hydrogens is 411 g/mol. The van der Waals surface area contributed by atoms with Crippen LogP contribution < -0.4 is 10.2 Å². The third-order valence-corrected chi connectivity index (χ3v) is 5.33. The van der Waals surface area contributed by atoms with E-state index in [4.69, 9.17) is 4.99 Å². The predicted molar refractivity (Wildman–Crippen MR) is 113 cm³/mol. The second-order valence-electron chi connectivity index (χ2n) is 7.26. The third kappa shape index (κ3) is 4.35. The molecule has 24 heavy (non-hydrogen) atoms. The van der Waals surface area contributed by atoms with E-state index in [1.165, 1.54) is 43.5 Å². The van der Waals surface area contributed by atoms with Crippen molar-refractivity contribution in [3.8, 4) is 0 Å². The van der Waals surface area contributed by atoms with Crippen LogP contribution in [0.25, 0.3) is 0 Å². The van der Waals surface area contributed by atoms with Gasteiger partial charge in [-0.25, -0.2) is 4.99 Å². The molecule has 0 aromatic heterocycles. The van der Waals surface area contributed by atoms with Crippen LogP contribution in [-0.2, 0) is 6.54 Å². The van der Waals surface area contributed by atoms with Gasteiger partial charge < -0.3 is 15.1 Å². The zero-order valence-corrected chi connectivity index (χ0v) is 17.5. The Morgan fingerprint density at radius 3 is 2.67 bits per heavy atom. The number of aliphatic imine (C=N–C) groups is 1. The van der Waals surface area contributed by atoms with Crippen molar-refractivity contribution in [3.05, 3.63) is 29.8 Å². The molecule has 0 atom stereocenters. The average molecular weight is 442 g/mol. The van der Waals surface area contributed by atoms with Crippen molar-refractivity contribution in [2.24, 2.45) is 10.4 Å². The number of nitrogens with one attached hydrogen (secondary N) is 1. The molecule has 5 heteroatoms. The van der Waals surface area contributed by atoms with Crippen molar-refractivity contribution < 1.29 is 0 Å². The minimum atomic E-state index is 0. The van der Waals surface area contributed by atoms with Crippen LogP contribution in [0.4, 0.5) is 5.69 Å². The molecule has 134 valence electrons. The van der Waals surface area contributed by atoms with Crippen molar-refractivity contribution in [2.45, 2.75) is 39.2 Å². The number of guanidine groups is 1. The van der Waals surface area contributed by atoms with Crippen molar-refractivity contribution in [1.82, 2.24) is 10.2 Å². The van der Waals surface area contributed by atoms with Crippen LogP contribution in [-0.4, -0.2) is 44.6 Å². The number of benzene rings is 1. The standard InChI is InChI=1S/C19H30N4.HI/c1-4-20-18(23-12-11-19(15-23)9-6-10-19)21-14-16-7-5-8-17(13-16)22(2)3;/h5,7-8,13H,4,6,9-12,14-15H2,1-3H3,(H,20,21);1H. The first-order valence-corrected chi connectivity index (χ1v) is 8.91. The lowest BCUT2D eigenvalue weighted by atomic mass is 9.68. The summed E-state index contributed by atoms with van der Waals surface area (Å²) in [5.74, 6) is 1.09. The van der Waals surface area contributed by atoms with E-state index in [-0.39, 0.29) is 24.0 Å². The largest absolute Gasteiger partial charge is 0.378 e. The van der Waals surface area contributed by atoms with E-state index in [1.807, 2.05) is 0 Å². The fourth-order valence-electron chi connectivity index (χ4n) is 3.73. The molecule has 2 aliphatic rings. The molecule has 1 saturated heterocycles. The predicted octanol–water partition coefficient (Wildman–Crippen LogP) is 3.71. The van der Waals surface area contributed by atoms with Gasteiger partial charge in [0.05, 0.1) is 6.54 Å². The number of likely N-dealkylation sites (tertiary alicyclic amines) is 1. The molecule has 1 heterocycles. The lowest BCUT2D eigenvalue weighted by molar-refractivity contribution is 0.151. The Balaban J connectivity index is 0.00000208. The van der Waals surface area contributed by atoms with Gasteiger partial charge in [0.1, 0.15) is 0 Å². The van der Waals surface area contributed by atoms with E-state index < -0.39 is 0 Å². The van der Waals surface area contributed by atoms with Gasteiger partial charge in [-0.05, 0) is 49.3 Å². The lowest BCUT2D eigenvalue weighted by Gasteiger charge is -2.38. The van der Waals surface area contributed by atoms with Gasteiger partial charge in [0.15, 0.2) is 5.96 Å². The van der Waals surface area contributed by atoms with Crippen LogP contribution in [0, 0.1) is 5.41 Å². The van der Waals surface area contributed by atoms with Gasteiger partial charge in [0, 0.05) is 39.4 Å². The summed E-state index contributed by atoms with van der Waals surface area (Å²) in [6, 6.07) is 8.65. The van der Waals surface area contributed by atoms with Gasteiger partial charge >= 0.3 is 0 Å². The maximum absolute atomic E-state index is 4.90. The number of anilines is 1. The van der Waals surface area contributed by atoms with Gasteiger partial charge in [-0.15, -0.1) is 24.0 Å². The van der Waals surface area contributed by atoms with Crippen molar-refractivity contribution in [2.75, 3.05) is 38.6 Å². The second kappa shape index (κ2) is 8.41. The van der Waals surface area contributed by atoms with Crippen molar-refractivity contribution in [1.29, 1.82) is 0 Å². The molecule has 1 aromatic rings. The summed E-state index contributed by atoms with van der Waals surface area (Å²) >= 11 is 0. The first-order valence-electron chi connectivity index (χ1n) is 8.91. The smallest absolute Gasteiger partial charge is 0.194 e. The second-order valence-corrected chi connectivity index (χ2v) is 7.26. The van der Waals surface area contributed by atoms with Crippen LogP contribution >= 0.6 is 24.0 Å². The Morgan fingerprint density at radius 2 is 2.08 bits per heavy atom. The first kappa shape index (κ1) is 19.3. The van der Waals surface area contributed by atoms with Gasteiger partial charge in [-0.2, -0.15) is 0 Å². The Kier molecular flexibility index (Phi) is 6.78. The lowest BCUT2D eigenvalue weighted by Crippen LogP contribution is -2.42. The molecule has 1 saturated carbocycles. The van der Waals surface area contributed by atoms with Gasteiger partial charge in [0.2, 0.25) is 0 Å². The van der Waals surface area contributed by atoms with Crippen LogP contribution in [0.3, 0.4) is 0 Å². The minimum absolute atomic E-state index is 0. The third-order valence-electron chi connectivity index (χ3n) is 5.33. The molecule has 0 radical (unpaired) electrons. The van der Waals surface area contributed by atoms with Crippen LogP contribution in [0.1, 0.15) is 38.2 Å². The highest BCUT2D eigenvalue weighted by Gasteiger charge is 2.43. The number of hydrogen-bond acceptors (Lipinski definition) is 2. The molecule has 1 aliphatic heterocycles. The van der Waals surface area contributed by atoms with E-state index in [1.54, 1.807) is 0 Å². The normalized spacial score (nSPS) is 19.0. The molecule has 0 bridgehead atoms. The average Bonchev–Trinajstić information content (AvgIpc) is 2.97. The highest BCUT2D eigenvalue weighted by atomic mass is 127. The zero-order valence-electron chi connectivity index (χ0n) is 15.2. The fourth-order valence-corrected chi connectivity index (χ4v) is 3.73. The van der Waals surface area contributed by atoms with Gasteiger partial charge in [-0.1, -0.05) is 18.6 Å². The molecule has 1 aromatic carbocycles. The van der Waals surface area contributed by atoms with Gasteiger partial charge in [-0.3, -0.25) is 0 Å². The maximum atomic E-state index is 4.90. The topological polar surface area (TPSA) is 30.9 Å². The summed E-state index contributed by atoms with van der Waals surface area (Å²) in [4.78, 5) is 9.51. The molecule has 1 N–H and O–H groups in total. The number of halogens is 1. The summed E-state index contributed by atoms with van der Waals surface area (Å²) in [6.45, 7) is 6.17. The molecule has 0 amide bonds. The molecule has 0 unspecified atom stereocenters. The fraction of sp³-hybridized carbons (Fsp3) is 0.632. The van der Waals surface area contributed by atoms with Crippen LogP contribution in [0.5, 0.6) is 0 Å². The van der Waals surface area contributed by atoms with Crippen molar-refractivity contribution >= 4 is 35.6 Å². The molecule has 1 spiro atoms. The first-order chi connectivity index (χ1) is 11.1. The Hall–Kier alpha value is -0.980. The van der Waals surface area contributed by atoms with E-state index in [0.717, 1.165) is 25.6 Å². The van der Waals surface area contributed by atoms with E-state index >= 15 is 0 Å². The Morgan fingerprint density at radius 1 is 1.29 bits per heavy atom. The van der Waals surface area contributed by atoms with Crippen LogP contribution in [0.15, 0.2) is 29.3 Å². The van der Waals surface area contributed by atoms with Gasteiger partial charge in [0.25, 0.3) is 0 Å². The summed E-state index contributed by atoms with van der Waals surface area (Å²) < 4.78 is 0. The summed E-state index contributed by atoms with van der Waals surface area (Å²) in [5, 5.41) is 3.48. The highest BCUT2D eigenvalue weighted by Crippen LogP contribution is 2.47. The zero-order chi connectivity index (χ0) is 16.3. The van der Waals surface area contributed by atoms with E-state index in [9.17, 15) is 0 Å². The van der Waals surface area contributed by atoms with Crippen molar-refractivity contribution in [3.63, 3.8) is 0 Å². The highest BCUT2D eigenvalue weighted by molar-refractivity contribution is 14.0. The molecule has 3 rings (SSSR count). The number of hydrogen-bond donors (Lipinski definition) is 1. The Bertz CT molecular complexity index is 566. The molecule has 4 nitrogen and oxygen atoms in total. The molecular formula is C19H31IN4. The SMILES string of the molecule is CCNC(=NCc1cccc(N(C)C)c1)N1CCC2(CCC2)C1.I. The van der Waals surface area contributed by atoms with E-state index in [0.29, 0.717) is 5.41 Å². The molecule has 2 fully saturated rings. The van der Waals surface area contributed by atoms with Crippen LogP contribution in [0.2, 0.25) is 0 Å². The minimum Gasteiger partial charge on any atom is -0.378 e. The quantitative estimate of drug-likeness (QED) is 0.438. The summed E-state index contributed by atoms with van der Waals surface area (Å²) in [7, 11) is 4.16. The monoisotopic (exact) mass is 442 g/mol. The molecule has 1 aliphatic carbocycles. The Labute approximate surface area is 163 Å². The number of rotatable bonds is 4.